The number of hydrazine groups is 1. The molecule has 1 heterocycles. The van der Waals surface area contributed by atoms with Gasteiger partial charge in [-0.15, -0.1) is 0 Å². The van der Waals surface area contributed by atoms with E-state index >= 15 is 8.78 Å². The summed E-state index contributed by atoms with van der Waals surface area (Å²) < 4.78 is 236. The normalized spacial score (nSPS) is 21.2. The third kappa shape index (κ3) is 4.80. The van der Waals surface area contributed by atoms with E-state index in [4.69, 9.17) is 0 Å². The van der Waals surface area contributed by atoms with Gasteiger partial charge in [-0.3, -0.25) is 0 Å². The SMILES string of the molecule is FC(F)(F)C(F)(F)C(F)(F)C(F)(F)C(F)(F)C(F)(F)C(F)(F)C(F)(F)[C@@]1(c2ccccc2)NN1CCCc1ccccc1. The van der Waals surface area contributed by atoms with E-state index in [-0.39, 0.29) is 17.9 Å². The number of rotatable bonds is 12. The van der Waals surface area contributed by atoms with Gasteiger partial charge in [0.1, 0.15) is 0 Å². The molecule has 0 saturated carbocycles. The van der Waals surface area contributed by atoms with E-state index in [1.807, 2.05) is 0 Å². The highest BCUT2D eigenvalue weighted by molar-refractivity contribution is 5.34. The van der Waals surface area contributed by atoms with Crippen LogP contribution >= 0.6 is 0 Å². The highest BCUT2D eigenvalue weighted by Crippen LogP contribution is 2.67. The zero-order valence-electron chi connectivity index (χ0n) is 20.8. The zero-order valence-corrected chi connectivity index (χ0v) is 20.8. The van der Waals surface area contributed by atoms with Gasteiger partial charge in [0, 0.05) is 6.54 Å². The molecule has 1 aliphatic rings. The standard InChI is InChI=1S/C24H17F17N2/c25-17(26,16(15-11-5-2-6-12-15)42-43(16)13-7-10-14-8-3-1-4-9-14)18(27,28)19(29,30)20(31,32)21(33,34)22(35,36)23(37,38)24(39,40)41/h1-6,8-9,11-12,42H,7,10,13H2/t16-,43?/m0/s1. The fourth-order valence-corrected chi connectivity index (χ4v) is 4.19. The Labute approximate surface area is 230 Å². The smallest absolute Gasteiger partial charge is 0.222 e. The largest absolute Gasteiger partial charge is 0.460 e. The van der Waals surface area contributed by atoms with Crippen molar-refractivity contribution in [1.82, 2.24) is 10.4 Å². The summed E-state index contributed by atoms with van der Waals surface area (Å²) in [5.41, 5.74) is -2.77. The van der Waals surface area contributed by atoms with Crippen molar-refractivity contribution >= 4 is 0 Å². The van der Waals surface area contributed by atoms with Crippen LogP contribution in [0.1, 0.15) is 17.5 Å². The molecule has 2 atom stereocenters. The maximum atomic E-state index is 15.4. The molecule has 0 spiro atoms. The summed E-state index contributed by atoms with van der Waals surface area (Å²) in [5.74, 6) is -56.9. The number of nitrogens with zero attached hydrogens (tertiary/aromatic N) is 1. The molecule has 1 fully saturated rings. The van der Waals surface area contributed by atoms with Gasteiger partial charge >= 0.3 is 47.6 Å². The lowest BCUT2D eigenvalue weighted by Crippen LogP contribution is -2.75. The minimum atomic E-state index is -8.67. The summed E-state index contributed by atoms with van der Waals surface area (Å²) in [7, 11) is 0. The molecule has 1 saturated heterocycles. The Kier molecular flexibility index (Phi) is 8.36. The summed E-state index contributed by atoms with van der Waals surface area (Å²) in [6.45, 7) is -0.719. The second-order valence-electron chi connectivity index (χ2n) is 9.45. The average molecular weight is 656 g/mol. The molecular weight excluding hydrogens is 639 g/mol. The van der Waals surface area contributed by atoms with Crippen LogP contribution in [0.2, 0.25) is 0 Å². The van der Waals surface area contributed by atoms with Crippen LogP contribution in [0.15, 0.2) is 60.7 Å². The van der Waals surface area contributed by atoms with Crippen molar-refractivity contribution in [2.45, 2.75) is 66.1 Å². The summed E-state index contributed by atoms with van der Waals surface area (Å²) in [6, 6.07) is 11.9. The topological polar surface area (TPSA) is 25.0 Å². The Morgan fingerprint density at radius 1 is 0.512 bits per heavy atom. The minimum Gasteiger partial charge on any atom is -0.222 e. The molecule has 3 rings (SSSR count). The third-order valence-electron chi connectivity index (χ3n) is 6.71. The van der Waals surface area contributed by atoms with Crippen molar-refractivity contribution in [1.29, 1.82) is 0 Å². The highest BCUT2D eigenvalue weighted by Gasteiger charge is 2.97. The highest BCUT2D eigenvalue weighted by atomic mass is 19.4. The summed E-state index contributed by atoms with van der Waals surface area (Å²) in [6.07, 6.45) is -7.95. The molecule has 2 aromatic rings. The molecule has 43 heavy (non-hydrogen) atoms. The van der Waals surface area contributed by atoms with Crippen molar-refractivity contribution in [3.8, 4) is 0 Å². The number of nitrogens with one attached hydrogen (secondary N) is 1. The van der Waals surface area contributed by atoms with Gasteiger partial charge in [-0.2, -0.15) is 74.6 Å². The Bertz CT molecular complexity index is 1260. The molecule has 0 radical (unpaired) electrons. The monoisotopic (exact) mass is 656 g/mol. The second kappa shape index (κ2) is 10.4. The third-order valence-corrected chi connectivity index (χ3v) is 6.71. The van der Waals surface area contributed by atoms with Gasteiger partial charge in [0.2, 0.25) is 0 Å². The van der Waals surface area contributed by atoms with Crippen molar-refractivity contribution in [3.05, 3.63) is 71.8 Å². The minimum absolute atomic E-state index is 0.0504. The first-order valence-corrected chi connectivity index (χ1v) is 11.7. The molecular formula is C24H17F17N2. The number of aryl methyl sites for hydroxylation is 1. The van der Waals surface area contributed by atoms with E-state index < -0.39 is 65.4 Å². The van der Waals surface area contributed by atoms with Crippen molar-refractivity contribution in [3.63, 3.8) is 0 Å². The maximum absolute atomic E-state index is 15.4. The number of benzene rings is 2. The fraction of sp³-hybridized carbons (Fsp3) is 0.500. The van der Waals surface area contributed by atoms with Gasteiger partial charge in [-0.05, 0) is 24.0 Å². The molecule has 0 bridgehead atoms. The van der Waals surface area contributed by atoms with Gasteiger partial charge in [0.15, 0.2) is 5.66 Å². The van der Waals surface area contributed by atoms with Crippen molar-refractivity contribution < 1.29 is 74.6 Å². The van der Waals surface area contributed by atoms with Crippen LogP contribution in [-0.4, -0.2) is 59.2 Å². The molecule has 1 N–H and O–H groups in total. The van der Waals surface area contributed by atoms with E-state index in [1.165, 1.54) is 0 Å². The van der Waals surface area contributed by atoms with Gasteiger partial charge in [0.25, 0.3) is 0 Å². The van der Waals surface area contributed by atoms with Crippen LogP contribution in [-0.2, 0) is 12.1 Å². The van der Waals surface area contributed by atoms with Crippen LogP contribution in [0.25, 0.3) is 0 Å². The molecule has 2 aromatic carbocycles. The van der Waals surface area contributed by atoms with E-state index in [0.29, 0.717) is 17.7 Å². The zero-order chi connectivity index (χ0) is 33.1. The first-order chi connectivity index (χ1) is 19.3. The van der Waals surface area contributed by atoms with E-state index in [9.17, 15) is 65.9 Å². The molecule has 1 unspecified atom stereocenters. The Balaban J connectivity index is 2.06. The molecule has 2 nitrogen and oxygen atoms in total. The fourth-order valence-electron chi connectivity index (χ4n) is 4.19. The molecule has 0 amide bonds. The van der Waals surface area contributed by atoms with Crippen LogP contribution in [0.3, 0.4) is 0 Å². The molecule has 0 aliphatic carbocycles. The molecule has 19 heteroatoms. The second-order valence-corrected chi connectivity index (χ2v) is 9.45. The van der Waals surface area contributed by atoms with Crippen LogP contribution < -0.4 is 5.43 Å². The number of halogens is 17. The summed E-state index contributed by atoms with van der Waals surface area (Å²) in [5, 5.41) is 0.137. The number of hydrogen-bond donors (Lipinski definition) is 1. The lowest BCUT2D eigenvalue weighted by atomic mass is 9.84. The summed E-state index contributed by atoms with van der Waals surface area (Å²) >= 11 is 0. The van der Waals surface area contributed by atoms with E-state index in [1.54, 1.807) is 35.8 Å². The van der Waals surface area contributed by atoms with Gasteiger partial charge in [0.05, 0.1) is 0 Å². The van der Waals surface area contributed by atoms with Crippen LogP contribution in [0, 0.1) is 0 Å². The Morgan fingerprint density at radius 2 is 0.907 bits per heavy atom. The van der Waals surface area contributed by atoms with E-state index in [2.05, 4.69) is 0 Å². The van der Waals surface area contributed by atoms with Gasteiger partial charge in [-0.25, -0.2) is 10.4 Å². The first-order valence-electron chi connectivity index (χ1n) is 11.7. The van der Waals surface area contributed by atoms with Crippen molar-refractivity contribution in [2.75, 3.05) is 6.54 Å². The molecule has 0 aromatic heterocycles. The quantitative estimate of drug-likeness (QED) is 0.184. The van der Waals surface area contributed by atoms with Crippen molar-refractivity contribution in [2.24, 2.45) is 0 Å². The number of hydrogen-bond acceptors (Lipinski definition) is 2. The Hall–Kier alpha value is -2.83. The lowest BCUT2D eigenvalue weighted by Gasteiger charge is -2.43. The predicted octanol–water partition coefficient (Wildman–Crippen LogP) is 8.30. The maximum Gasteiger partial charge on any atom is 0.460 e. The van der Waals surface area contributed by atoms with Gasteiger partial charge in [-0.1, -0.05) is 60.7 Å². The lowest BCUT2D eigenvalue weighted by molar-refractivity contribution is -0.463. The van der Waals surface area contributed by atoms with E-state index in [0.717, 1.165) is 18.2 Å². The van der Waals surface area contributed by atoms with Crippen LogP contribution in [0.4, 0.5) is 74.6 Å². The Morgan fingerprint density at radius 3 is 1.35 bits per heavy atom. The van der Waals surface area contributed by atoms with Crippen LogP contribution in [0.5, 0.6) is 0 Å². The molecule has 1 aliphatic heterocycles. The predicted molar refractivity (Wildman–Crippen MR) is 113 cm³/mol. The number of alkyl halides is 17. The summed E-state index contributed by atoms with van der Waals surface area (Å²) in [4.78, 5) is 0. The first kappa shape index (κ1) is 34.7. The molecule has 242 valence electrons. The average Bonchev–Trinajstić information content (AvgIpc) is 3.64. The van der Waals surface area contributed by atoms with Gasteiger partial charge < -0.3 is 0 Å².